The van der Waals surface area contributed by atoms with Crippen molar-refractivity contribution in [3.63, 3.8) is 0 Å². The Morgan fingerprint density at radius 2 is 1.86 bits per heavy atom. The maximum atomic E-state index is 13.6. The van der Waals surface area contributed by atoms with Gasteiger partial charge in [-0.05, 0) is 24.9 Å². The molecule has 1 aliphatic heterocycles. The molecule has 0 amide bonds. The molecule has 3 aromatic rings. The van der Waals surface area contributed by atoms with Gasteiger partial charge in [-0.2, -0.15) is 13.2 Å². The van der Waals surface area contributed by atoms with Gasteiger partial charge in [-0.15, -0.1) is 0 Å². The largest absolute Gasteiger partial charge is 0.433 e. The number of fused-ring (bicyclic) bond motifs is 1. The summed E-state index contributed by atoms with van der Waals surface area (Å²) in [7, 11) is 0. The van der Waals surface area contributed by atoms with E-state index in [9.17, 15) is 18.0 Å². The van der Waals surface area contributed by atoms with Crippen molar-refractivity contribution in [1.82, 2.24) is 19.5 Å². The van der Waals surface area contributed by atoms with Crippen LogP contribution in [-0.4, -0.2) is 52.3 Å². The molecule has 29 heavy (non-hydrogen) atoms. The maximum Gasteiger partial charge on any atom is 0.433 e. The zero-order chi connectivity index (χ0) is 20.4. The van der Waals surface area contributed by atoms with Crippen LogP contribution in [0.5, 0.6) is 0 Å². The first-order valence-electron chi connectivity index (χ1n) is 9.51. The van der Waals surface area contributed by atoms with E-state index in [-0.39, 0.29) is 11.2 Å². The standard InChI is InChI=1S/C20H21F3N4O2/c21-20(22,23)18-17(14-5-2-1-3-6-14)19-24-15(13-16(28)27(19)25-18)7-4-8-26-9-11-29-12-10-26/h1-3,5-6,13,25H,4,7-12H2. The minimum atomic E-state index is -4.64. The molecule has 0 unspecified atom stereocenters. The van der Waals surface area contributed by atoms with Crippen LogP contribution in [0.1, 0.15) is 17.8 Å². The van der Waals surface area contributed by atoms with E-state index >= 15 is 0 Å². The number of nitrogens with zero attached hydrogens (tertiary/aromatic N) is 3. The fourth-order valence-corrected chi connectivity index (χ4v) is 3.61. The summed E-state index contributed by atoms with van der Waals surface area (Å²) in [5.74, 6) is 0. The molecule has 1 N–H and O–H groups in total. The second-order valence-electron chi connectivity index (χ2n) is 7.03. The van der Waals surface area contributed by atoms with Gasteiger partial charge in [0.25, 0.3) is 5.56 Å². The van der Waals surface area contributed by atoms with Crippen LogP contribution < -0.4 is 5.56 Å². The second kappa shape index (κ2) is 8.00. The Morgan fingerprint density at radius 1 is 1.14 bits per heavy atom. The molecule has 154 valence electrons. The molecule has 0 atom stereocenters. The molecule has 0 radical (unpaired) electrons. The van der Waals surface area contributed by atoms with E-state index in [1.54, 1.807) is 30.3 Å². The molecule has 6 nitrogen and oxygen atoms in total. The maximum absolute atomic E-state index is 13.6. The van der Waals surface area contributed by atoms with Crippen molar-refractivity contribution in [1.29, 1.82) is 0 Å². The monoisotopic (exact) mass is 406 g/mol. The van der Waals surface area contributed by atoms with Crippen molar-refractivity contribution in [2.75, 3.05) is 32.8 Å². The zero-order valence-corrected chi connectivity index (χ0v) is 15.7. The highest BCUT2D eigenvalue weighted by Gasteiger charge is 2.38. The summed E-state index contributed by atoms with van der Waals surface area (Å²) in [4.78, 5) is 19.2. The normalized spacial score (nSPS) is 15.8. The molecule has 0 spiro atoms. The van der Waals surface area contributed by atoms with E-state index in [0.717, 1.165) is 30.6 Å². The lowest BCUT2D eigenvalue weighted by Crippen LogP contribution is -2.37. The van der Waals surface area contributed by atoms with E-state index in [4.69, 9.17) is 4.74 Å². The van der Waals surface area contributed by atoms with Crippen molar-refractivity contribution >= 4 is 5.65 Å². The van der Waals surface area contributed by atoms with Gasteiger partial charge in [0.05, 0.1) is 18.8 Å². The number of nitrogens with one attached hydrogen (secondary N) is 1. The van der Waals surface area contributed by atoms with Crippen molar-refractivity contribution in [3.05, 3.63) is 58.1 Å². The topological polar surface area (TPSA) is 62.6 Å². The fraction of sp³-hybridized carbons (Fsp3) is 0.400. The molecule has 2 aromatic heterocycles. The molecule has 3 heterocycles. The molecule has 9 heteroatoms. The SMILES string of the molecule is O=c1cc(CCCN2CCOCC2)nc2c(-c3ccccc3)c(C(F)(F)F)[nH]n12. The average molecular weight is 406 g/mol. The molecular formula is C20H21F3N4O2. The van der Waals surface area contributed by atoms with Gasteiger partial charge in [0.15, 0.2) is 5.65 Å². The number of aromatic amines is 1. The van der Waals surface area contributed by atoms with Crippen molar-refractivity contribution in [3.8, 4) is 11.1 Å². The molecule has 1 fully saturated rings. The van der Waals surface area contributed by atoms with Crippen LogP contribution in [0.2, 0.25) is 0 Å². The first-order chi connectivity index (χ1) is 13.9. The second-order valence-corrected chi connectivity index (χ2v) is 7.03. The summed E-state index contributed by atoms with van der Waals surface area (Å²) >= 11 is 0. The molecule has 0 saturated carbocycles. The Kier molecular flexibility index (Phi) is 5.42. The van der Waals surface area contributed by atoms with E-state index in [0.29, 0.717) is 30.9 Å². The number of aryl methyl sites for hydroxylation is 1. The first kappa shape index (κ1) is 19.7. The van der Waals surface area contributed by atoms with Gasteiger partial charge in [-0.1, -0.05) is 30.3 Å². The van der Waals surface area contributed by atoms with Gasteiger partial charge in [-0.25, -0.2) is 9.50 Å². The van der Waals surface area contributed by atoms with Crippen molar-refractivity contribution in [2.24, 2.45) is 0 Å². The van der Waals surface area contributed by atoms with Crippen LogP contribution in [-0.2, 0) is 17.3 Å². The Labute approximate surface area is 164 Å². The number of alkyl halides is 3. The van der Waals surface area contributed by atoms with E-state index < -0.39 is 17.4 Å². The summed E-state index contributed by atoms with van der Waals surface area (Å²) in [5, 5.41) is 2.20. The zero-order valence-electron chi connectivity index (χ0n) is 15.7. The van der Waals surface area contributed by atoms with Crippen molar-refractivity contribution < 1.29 is 17.9 Å². The highest BCUT2D eigenvalue weighted by atomic mass is 19.4. The third kappa shape index (κ3) is 4.20. The number of aromatic nitrogens is 3. The Morgan fingerprint density at radius 3 is 2.55 bits per heavy atom. The molecule has 1 aromatic carbocycles. The Bertz CT molecular complexity index is 1040. The number of hydrogen-bond acceptors (Lipinski definition) is 4. The smallest absolute Gasteiger partial charge is 0.379 e. The number of H-pyrrole nitrogens is 1. The summed E-state index contributed by atoms with van der Waals surface area (Å²) < 4.78 is 47.1. The number of rotatable bonds is 5. The fourth-order valence-electron chi connectivity index (χ4n) is 3.61. The Balaban J connectivity index is 1.69. The minimum Gasteiger partial charge on any atom is -0.379 e. The number of halogens is 3. The van der Waals surface area contributed by atoms with Crippen LogP contribution in [0.4, 0.5) is 13.2 Å². The lowest BCUT2D eigenvalue weighted by molar-refractivity contribution is -0.140. The van der Waals surface area contributed by atoms with Crippen LogP contribution in [0.25, 0.3) is 16.8 Å². The van der Waals surface area contributed by atoms with Gasteiger partial charge >= 0.3 is 6.18 Å². The number of hydrogen-bond donors (Lipinski definition) is 1. The quantitative estimate of drug-likeness (QED) is 0.708. The first-order valence-corrected chi connectivity index (χ1v) is 9.51. The van der Waals surface area contributed by atoms with Crippen LogP contribution in [0.3, 0.4) is 0 Å². The van der Waals surface area contributed by atoms with Gasteiger partial charge < -0.3 is 4.74 Å². The lowest BCUT2D eigenvalue weighted by atomic mass is 10.1. The molecule has 0 bridgehead atoms. The summed E-state index contributed by atoms with van der Waals surface area (Å²) in [6.07, 6.45) is -3.36. The van der Waals surface area contributed by atoms with Gasteiger partial charge in [-0.3, -0.25) is 14.8 Å². The summed E-state index contributed by atoms with van der Waals surface area (Å²) in [6.45, 7) is 3.96. The highest BCUT2D eigenvalue weighted by Crippen LogP contribution is 2.37. The molecule has 1 saturated heterocycles. The van der Waals surface area contributed by atoms with Gasteiger partial charge in [0.2, 0.25) is 0 Å². The van der Waals surface area contributed by atoms with Gasteiger partial charge in [0.1, 0.15) is 5.69 Å². The van der Waals surface area contributed by atoms with Gasteiger partial charge in [0, 0.05) is 24.8 Å². The summed E-state index contributed by atoms with van der Waals surface area (Å²) in [5.41, 5.74) is -0.783. The molecule has 0 aliphatic carbocycles. The third-order valence-corrected chi connectivity index (χ3v) is 5.03. The predicted octanol–water partition coefficient (Wildman–Crippen LogP) is 2.97. The van der Waals surface area contributed by atoms with E-state index in [1.165, 1.54) is 6.07 Å². The van der Waals surface area contributed by atoms with E-state index in [1.807, 2.05) is 0 Å². The van der Waals surface area contributed by atoms with E-state index in [2.05, 4.69) is 15.0 Å². The third-order valence-electron chi connectivity index (χ3n) is 5.03. The lowest BCUT2D eigenvalue weighted by Gasteiger charge is -2.26. The molecule has 1 aliphatic rings. The average Bonchev–Trinajstić information content (AvgIpc) is 3.10. The Hall–Kier alpha value is -2.65. The molecule has 4 rings (SSSR count). The molecular weight excluding hydrogens is 385 g/mol. The van der Waals surface area contributed by atoms with Crippen LogP contribution in [0, 0.1) is 0 Å². The minimum absolute atomic E-state index is 0.00241. The number of ether oxygens (including phenoxy) is 1. The number of benzene rings is 1. The van der Waals surface area contributed by atoms with Crippen LogP contribution >= 0.6 is 0 Å². The number of morpholine rings is 1. The van der Waals surface area contributed by atoms with Crippen LogP contribution in [0.15, 0.2) is 41.2 Å². The van der Waals surface area contributed by atoms with Crippen molar-refractivity contribution in [2.45, 2.75) is 19.0 Å². The predicted molar refractivity (Wildman–Crippen MR) is 102 cm³/mol. The summed E-state index contributed by atoms with van der Waals surface area (Å²) in [6, 6.07) is 9.50. The highest BCUT2D eigenvalue weighted by molar-refractivity contribution is 5.80.